The number of carbonyl (C=O) groups is 1. The summed E-state index contributed by atoms with van der Waals surface area (Å²) in [6, 6.07) is 9.66. The van der Waals surface area contributed by atoms with Crippen molar-refractivity contribution in [2.45, 2.75) is 44.4 Å². The van der Waals surface area contributed by atoms with Crippen LogP contribution < -0.4 is 10.6 Å². The number of hydrogen-bond donors (Lipinski definition) is 2. The van der Waals surface area contributed by atoms with Crippen molar-refractivity contribution in [3.05, 3.63) is 57.3 Å². The molecule has 188 valence electrons. The van der Waals surface area contributed by atoms with Gasteiger partial charge in [-0.1, -0.05) is 54.4 Å². The van der Waals surface area contributed by atoms with Gasteiger partial charge in [0.25, 0.3) is 5.92 Å². The van der Waals surface area contributed by atoms with Gasteiger partial charge in [0.05, 0.1) is 27.2 Å². The first-order valence-corrected chi connectivity index (χ1v) is 12.3. The largest absolute Gasteiger partial charge is 0.370 e. The van der Waals surface area contributed by atoms with E-state index in [1.807, 2.05) is 24.3 Å². The number of halogens is 4. The summed E-state index contributed by atoms with van der Waals surface area (Å²) >= 11 is 12.4. The quantitative estimate of drug-likeness (QED) is 0.453. The zero-order valence-electron chi connectivity index (χ0n) is 18.8. The lowest BCUT2D eigenvalue weighted by molar-refractivity contribution is -0.118. The van der Waals surface area contributed by atoms with Gasteiger partial charge < -0.3 is 15.6 Å². The molecule has 2 aromatic carbocycles. The van der Waals surface area contributed by atoms with E-state index in [-0.39, 0.29) is 38.3 Å². The summed E-state index contributed by atoms with van der Waals surface area (Å²) in [7, 11) is 0. The molecule has 1 amide bonds. The summed E-state index contributed by atoms with van der Waals surface area (Å²) in [4.78, 5) is 21.5. The van der Waals surface area contributed by atoms with E-state index < -0.39 is 23.4 Å². The van der Waals surface area contributed by atoms with Crippen molar-refractivity contribution in [3.63, 3.8) is 0 Å². The standard InChI is InChI=1S/C23H24Cl2F2N4O.O2S/c1-2-13-3-5-14(6-4-13)15(11-18(28)32)22-29-17-12-16(24)21(19(25)20(17)30-22)31-9-7-23(26,27)8-10-31;1-3-2/h3-6,12,15H,2,7-11H2,1H3,(H2,28,32)(H,29,30);/t15-;/m0./s1. The maximum Gasteiger partial charge on any atom is 0.335 e. The minimum atomic E-state index is -2.67. The highest BCUT2D eigenvalue weighted by Crippen LogP contribution is 2.42. The number of anilines is 1. The molecule has 35 heavy (non-hydrogen) atoms. The number of aryl methyl sites for hydroxylation is 1. The molecule has 4 rings (SSSR count). The van der Waals surface area contributed by atoms with Crippen molar-refractivity contribution in [3.8, 4) is 0 Å². The first kappa shape index (κ1) is 27.0. The number of hydrogen-bond acceptors (Lipinski definition) is 5. The Morgan fingerprint density at radius 2 is 1.83 bits per heavy atom. The summed E-state index contributed by atoms with van der Waals surface area (Å²) in [5, 5.41) is 0.668. The third kappa shape index (κ3) is 6.36. The van der Waals surface area contributed by atoms with Gasteiger partial charge >= 0.3 is 11.6 Å². The van der Waals surface area contributed by atoms with E-state index >= 15 is 0 Å². The molecule has 1 fully saturated rings. The smallest absolute Gasteiger partial charge is 0.335 e. The number of amides is 1. The number of rotatable bonds is 6. The van der Waals surface area contributed by atoms with E-state index in [4.69, 9.17) is 37.4 Å². The predicted molar refractivity (Wildman–Crippen MR) is 133 cm³/mol. The zero-order valence-corrected chi connectivity index (χ0v) is 21.2. The maximum atomic E-state index is 13.6. The second kappa shape index (κ2) is 11.5. The molecule has 7 nitrogen and oxygen atoms in total. The van der Waals surface area contributed by atoms with Crippen LogP contribution in [0, 0.1) is 0 Å². The highest BCUT2D eigenvalue weighted by atomic mass is 35.5. The molecule has 1 aliphatic rings. The van der Waals surface area contributed by atoms with Crippen LogP contribution in [0.1, 0.15) is 49.1 Å². The van der Waals surface area contributed by atoms with Crippen LogP contribution in [0.4, 0.5) is 14.5 Å². The number of imidazole rings is 1. The summed E-state index contributed by atoms with van der Waals surface area (Å²) < 4.78 is 43.8. The summed E-state index contributed by atoms with van der Waals surface area (Å²) in [5.41, 5.74) is 9.21. The average molecular weight is 545 g/mol. The zero-order chi connectivity index (χ0) is 25.8. The number of alkyl halides is 2. The van der Waals surface area contributed by atoms with Crippen LogP contribution in [-0.2, 0) is 22.8 Å². The fourth-order valence-corrected chi connectivity index (χ4v) is 4.90. The van der Waals surface area contributed by atoms with Gasteiger partial charge in [-0.05, 0) is 23.6 Å². The lowest BCUT2D eigenvalue weighted by atomic mass is 9.93. The third-order valence-electron chi connectivity index (χ3n) is 6.00. The summed E-state index contributed by atoms with van der Waals surface area (Å²) in [6.45, 7) is 2.38. The number of piperidine rings is 1. The van der Waals surface area contributed by atoms with Crippen LogP contribution in [0.25, 0.3) is 11.0 Å². The van der Waals surface area contributed by atoms with Crippen LogP contribution in [-0.4, -0.2) is 43.3 Å². The van der Waals surface area contributed by atoms with E-state index in [9.17, 15) is 13.6 Å². The van der Waals surface area contributed by atoms with Crippen molar-refractivity contribution >= 4 is 57.4 Å². The minimum Gasteiger partial charge on any atom is -0.370 e. The first-order chi connectivity index (χ1) is 16.6. The number of nitrogens with zero attached hydrogens (tertiary/aromatic N) is 2. The van der Waals surface area contributed by atoms with E-state index in [0.29, 0.717) is 32.6 Å². The van der Waals surface area contributed by atoms with Gasteiger partial charge in [-0.15, -0.1) is 0 Å². The molecular weight excluding hydrogens is 521 g/mol. The van der Waals surface area contributed by atoms with E-state index in [1.54, 1.807) is 11.0 Å². The monoisotopic (exact) mass is 544 g/mol. The van der Waals surface area contributed by atoms with Crippen molar-refractivity contribution in [2.75, 3.05) is 18.0 Å². The third-order valence-corrected chi connectivity index (χ3v) is 6.65. The topological polar surface area (TPSA) is 109 Å². The van der Waals surface area contributed by atoms with E-state index in [1.165, 1.54) is 5.56 Å². The normalized spacial score (nSPS) is 15.9. The summed E-state index contributed by atoms with van der Waals surface area (Å²) in [5.74, 6) is -2.95. The maximum absolute atomic E-state index is 13.6. The molecule has 0 aliphatic carbocycles. The molecule has 12 heteroatoms. The Kier molecular flexibility index (Phi) is 8.84. The fraction of sp³-hybridized carbons (Fsp3) is 0.391. The van der Waals surface area contributed by atoms with Crippen LogP contribution >= 0.6 is 23.2 Å². The Labute approximate surface area is 214 Å². The minimum absolute atomic E-state index is 0.0741. The van der Waals surface area contributed by atoms with Crippen LogP contribution in [0.5, 0.6) is 0 Å². The SMILES string of the molecule is CCc1ccc([C@H](CC(N)=O)c2nc3c(Cl)c(N4CCC(F)(F)CC4)c(Cl)cc3[nH]2)cc1.O=S=O. The molecule has 1 aliphatic heterocycles. The number of carbonyl (C=O) groups excluding carboxylic acids is 1. The van der Waals surface area contributed by atoms with Crippen molar-refractivity contribution in [1.82, 2.24) is 9.97 Å². The molecule has 0 bridgehead atoms. The van der Waals surface area contributed by atoms with Gasteiger partial charge in [0.1, 0.15) is 11.3 Å². The number of benzene rings is 2. The lowest BCUT2D eigenvalue weighted by Crippen LogP contribution is -2.39. The Hall–Kier alpha value is -2.56. The first-order valence-electron chi connectivity index (χ1n) is 10.9. The molecule has 3 aromatic rings. The number of aromatic amines is 1. The molecule has 1 atom stereocenters. The lowest BCUT2D eigenvalue weighted by Gasteiger charge is -2.34. The van der Waals surface area contributed by atoms with Crippen molar-refractivity contribution in [2.24, 2.45) is 5.73 Å². The van der Waals surface area contributed by atoms with Crippen LogP contribution in [0.15, 0.2) is 30.3 Å². The van der Waals surface area contributed by atoms with Gasteiger partial charge in [0.15, 0.2) is 0 Å². The number of nitrogens with two attached hydrogens (primary N) is 1. The molecular formula is C23H24Cl2F2N4O3S. The number of primary amides is 1. The van der Waals surface area contributed by atoms with Gasteiger partial charge in [-0.2, -0.15) is 8.42 Å². The van der Waals surface area contributed by atoms with Crippen molar-refractivity contribution < 1.29 is 22.0 Å². The Morgan fingerprint density at radius 3 is 2.37 bits per heavy atom. The van der Waals surface area contributed by atoms with Gasteiger partial charge in [-0.25, -0.2) is 13.8 Å². The second-order valence-electron chi connectivity index (χ2n) is 8.27. The molecule has 2 heterocycles. The molecule has 3 N–H and O–H groups in total. The second-order valence-corrected chi connectivity index (χ2v) is 9.19. The highest BCUT2D eigenvalue weighted by molar-refractivity contribution is 7.51. The number of aromatic nitrogens is 2. The molecule has 1 aromatic heterocycles. The average Bonchev–Trinajstić information content (AvgIpc) is 3.23. The van der Waals surface area contributed by atoms with Crippen molar-refractivity contribution in [1.29, 1.82) is 0 Å². The Bertz CT molecular complexity index is 1240. The van der Waals surface area contributed by atoms with E-state index in [0.717, 1.165) is 12.0 Å². The number of H-pyrrole nitrogens is 1. The molecule has 1 saturated heterocycles. The Balaban J connectivity index is 0.00000108. The van der Waals surface area contributed by atoms with Gasteiger partial charge in [0, 0.05) is 32.4 Å². The number of nitrogens with one attached hydrogen (secondary N) is 1. The van der Waals surface area contributed by atoms with E-state index in [2.05, 4.69) is 16.9 Å². The fourth-order valence-electron chi connectivity index (χ4n) is 4.16. The van der Waals surface area contributed by atoms with Gasteiger partial charge in [-0.3, -0.25) is 4.79 Å². The molecule has 0 saturated carbocycles. The predicted octanol–water partition coefficient (Wildman–Crippen LogP) is 5.00. The van der Waals surface area contributed by atoms with Crippen LogP contribution in [0.3, 0.4) is 0 Å². The highest BCUT2D eigenvalue weighted by Gasteiger charge is 2.35. The van der Waals surface area contributed by atoms with Crippen LogP contribution in [0.2, 0.25) is 10.0 Å². The van der Waals surface area contributed by atoms with Gasteiger partial charge in [0.2, 0.25) is 5.91 Å². The molecule has 0 unspecified atom stereocenters. The summed E-state index contributed by atoms with van der Waals surface area (Å²) in [6.07, 6.45) is 0.478. The molecule has 0 spiro atoms. The molecule has 0 radical (unpaired) electrons. The Morgan fingerprint density at radius 1 is 1.23 bits per heavy atom. The number of fused-ring (bicyclic) bond motifs is 1.